The second-order valence-corrected chi connectivity index (χ2v) is 5.77. The van der Waals surface area contributed by atoms with Gasteiger partial charge in [0.05, 0.1) is 0 Å². The van der Waals surface area contributed by atoms with Crippen LogP contribution in [0.2, 0.25) is 0 Å². The smallest absolute Gasteiger partial charge is 0.265 e. The molecule has 4 heteroatoms. The highest BCUT2D eigenvalue weighted by atomic mass is 16.2. The third kappa shape index (κ3) is 3.55. The first kappa shape index (κ1) is 14.0. The molecule has 1 aromatic carbocycles. The summed E-state index contributed by atoms with van der Waals surface area (Å²) in [5, 5.41) is 0. The van der Waals surface area contributed by atoms with E-state index in [9.17, 15) is 4.79 Å². The van der Waals surface area contributed by atoms with Crippen molar-refractivity contribution in [1.29, 1.82) is 0 Å². The maximum atomic E-state index is 11.7. The Morgan fingerprint density at radius 1 is 1.32 bits per heavy atom. The second kappa shape index (κ2) is 6.17. The average Bonchev–Trinajstić information content (AvgIpc) is 2.37. The highest BCUT2D eigenvalue weighted by Crippen LogP contribution is 2.23. The number of benzene rings is 1. The Bertz CT molecular complexity index is 437. The van der Waals surface area contributed by atoms with Crippen LogP contribution in [0.4, 0.5) is 0 Å². The maximum Gasteiger partial charge on any atom is 0.265 e. The molecule has 3 N–H and O–H groups in total. The van der Waals surface area contributed by atoms with Crippen LogP contribution < -0.4 is 11.3 Å². The molecule has 0 aliphatic carbocycles. The van der Waals surface area contributed by atoms with E-state index in [0.717, 1.165) is 37.0 Å². The number of nitrogen functional groups attached to an aromatic ring is 1. The van der Waals surface area contributed by atoms with Gasteiger partial charge in [-0.25, -0.2) is 5.84 Å². The van der Waals surface area contributed by atoms with Gasteiger partial charge in [0.2, 0.25) is 0 Å². The summed E-state index contributed by atoms with van der Waals surface area (Å²) in [5.74, 6) is 6.47. The molecule has 2 unspecified atom stereocenters. The molecule has 1 aliphatic heterocycles. The van der Waals surface area contributed by atoms with Crippen LogP contribution in [0.15, 0.2) is 24.3 Å². The quantitative estimate of drug-likeness (QED) is 0.495. The molecule has 0 bridgehead atoms. The number of hydrazine groups is 1. The summed E-state index contributed by atoms with van der Waals surface area (Å²) < 4.78 is 0. The predicted molar refractivity (Wildman–Crippen MR) is 76.3 cm³/mol. The Kier molecular flexibility index (Phi) is 4.56. The summed E-state index contributed by atoms with van der Waals surface area (Å²) >= 11 is 0. The molecular formula is C15H23N3O. The van der Waals surface area contributed by atoms with Crippen LogP contribution >= 0.6 is 0 Å². The van der Waals surface area contributed by atoms with Gasteiger partial charge in [-0.15, -0.1) is 0 Å². The fourth-order valence-electron chi connectivity index (χ4n) is 3.12. The number of nitrogens with zero attached hydrogens (tertiary/aromatic N) is 1. The lowest BCUT2D eigenvalue weighted by molar-refractivity contribution is 0.0949. The largest absolute Gasteiger partial charge is 0.299 e. The monoisotopic (exact) mass is 261 g/mol. The number of nitrogens with one attached hydrogen (secondary N) is 1. The molecule has 1 amide bonds. The van der Waals surface area contributed by atoms with E-state index in [-0.39, 0.29) is 5.91 Å². The van der Waals surface area contributed by atoms with Gasteiger partial charge >= 0.3 is 0 Å². The average molecular weight is 261 g/mol. The van der Waals surface area contributed by atoms with Crippen molar-refractivity contribution >= 4 is 5.91 Å². The molecule has 2 rings (SSSR count). The summed E-state index contributed by atoms with van der Waals surface area (Å²) in [5.41, 5.74) is 3.94. The van der Waals surface area contributed by atoms with E-state index >= 15 is 0 Å². The van der Waals surface area contributed by atoms with E-state index in [0.29, 0.717) is 5.56 Å². The molecule has 1 aliphatic rings. The number of nitrogens with two attached hydrogens (primary N) is 1. The van der Waals surface area contributed by atoms with Crippen molar-refractivity contribution in [2.75, 3.05) is 13.1 Å². The van der Waals surface area contributed by atoms with Crippen LogP contribution in [-0.4, -0.2) is 23.9 Å². The highest BCUT2D eigenvalue weighted by molar-refractivity contribution is 5.95. The fraction of sp³-hybridized carbons (Fsp3) is 0.533. The normalized spacial score (nSPS) is 24.2. The van der Waals surface area contributed by atoms with E-state index in [1.165, 1.54) is 6.42 Å². The van der Waals surface area contributed by atoms with Crippen molar-refractivity contribution in [3.8, 4) is 0 Å². The van der Waals surface area contributed by atoms with Crippen molar-refractivity contribution in [3.63, 3.8) is 0 Å². The zero-order valence-corrected chi connectivity index (χ0v) is 11.7. The van der Waals surface area contributed by atoms with Crippen LogP contribution in [0, 0.1) is 11.8 Å². The van der Waals surface area contributed by atoms with Gasteiger partial charge in [0, 0.05) is 25.2 Å². The number of amides is 1. The van der Waals surface area contributed by atoms with Gasteiger partial charge in [0.1, 0.15) is 0 Å². The topological polar surface area (TPSA) is 58.4 Å². The number of hydrogen-bond donors (Lipinski definition) is 2. The number of rotatable bonds is 3. The van der Waals surface area contributed by atoms with Gasteiger partial charge in [0.15, 0.2) is 0 Å². The van der Waals surface area contributed by atoms with E-state index in [2.05, 4.69) is 24.2 Å². The van der Waals surface area contributed by atoms with Gasteiger partial charge < -0.3 is 0 Å². The molecular weight excluding hydrogens is 238 g/mol. The SMILES string of the molecule is CC1CC(C)CN(Cc2ccccc2C(=O)NN)C1. The summed E-state index contributed by atoms with van der Waals surface area (Å²) in [6.45, 7) is 7.60. The molecule has 1 heterocycles. The number of hydrogen-bond acceptors (Lipinski definition) is 3. The first-order valence-corrected chi connectivity index (χ1v) is 6.91. The molecule has 1 saturated heterocycles. The van der Waals surface area contributed by atoms with Gasteiger partial charge in [-0.1, -0.05) is 32.0 Å². The van der Waals surface area contributed by atoms with Crippen molar-refractivity contribution in [1.82, 2.24) is 10.3 Å². The number of piperidine rings is 1. The molecule has 104 valence electrons. The third-order valence-electron chi connectivity index (χ3n) is 3.73. The molecule has 19 heavy (non-hydrogen) atoms. The molecule has 0 radical (unpaired) electrons. The third-order valence-corrected chi connectivity index (χ3v) is 3.73. The van der Waals surface area contributed by atoms with Crippen LogP contribution in [0.3, 0.4) is 0 Å². The van der Waals surface area contributed by atoms with Crippen molar-refractivity contribution in [2.24, 2.45) is 17.7 Å². The molecule has 1 aromatic rings. The summed E-state index contributed by atoms with van der Waals surface area (Å²) in [7, 11) is 0. The van der Waals surface area contributed by atoms with Gasteiger partial charge in [-0.05, 0) is 29.9 Å². The van der Waals surface area contributed by atoms with Crippen molar-refractivity contribution in [3.05, 3.63) is 35.4 Å². The Balaban J connectivity index is 2.12. The minimum absolute atomic E-state index is 0.214. The molecule has 0 saturated carbocycles. The Labute approximate surface area is 114 Å². The first-order valence-electron chi connectivity index (χ1n) is 6.91. The van der Waals surface area contributed by atoms with Gasteiger partial charge in [-0.3, -0.25) is 15.1 Å². The summed E-state index contributed by atoms with van der Waals surface area (Å²) in [4.78, 5) is 14.2. The molecule has 1 fully saturated rings. The second-order valence-electron chi connectivity index (χ2n) is 5.77. The minimum atomic E-state index is -0.214. The van der Waals surface area contributed by atoms with Crippen molar-refractivity contribution in [2.45, 2.75) is 26.8 Å². The fourth-order valence-corrected chi connectivity index (χ4v) is 3.12. The van der Waals surface area contributed by atoms with Crippen LogP contribution in [-0.2, 0) is 6.54 Å². The van der Waals surface area contributed by atoms with E-state index < -0.39 is 0 Å². The maximum absolute atomic E-state index is 11.7. The predicted octanol–water partition coefficient (Wildman–Crippen LogP) is 1.77. The lowest BCUT2D eigenvalue weighted by atomic mass is 9.91. The van der Waals surface area contributed by atoms with Crippen molar-refractivity contribution < 1.29 is 4.79 Å². The molecule has 0 spiro atoms. The van der Waals surface area contributed by atoms with Gasteiger partial charge in [0.25, 0.3) is 5.91 Å². The standard InChI is InChI=1S/C15H23N3O/c1-11-7-12(2)9-18(8-11)10-13-5-3-4-6-14(13)15(19)17-16/h3-6,11-12H,7-10,16H2,1-2H3,(H,17,19). The first-order chi connectivity index (χ1) is 9.10. The lowest BCUT2D eigenvalue weighted by Crippen LogP contribution is -2.39. The highest BCUT2D eigenvalue weighted by Gasteiger charge is 2.22. The van der Waals surface area contributed by atoms with E-state index in [1.807, 2.05) is 24.3 Å². The Hall–Kier alpha value is -1.39. The van der Waals surface area contributed by atoms with Gasteiger partial charge in [-0.2, -0.15) is 0 Å². The lowest BCUT2D eigenvalue weighted by Gasteiger charge is -2.35. The molecule has 4 nitrogen and oxygen atoms in total. The summed E-state index contributed by atoms with van der Waals surface area (Å²) in [6.07, 6.45) is 1.29. The minimum Gasteiger partial charge on any atom is -0.299 e. The summed E-state index contributed by atoms with van der Waals surface area (Å²) in [6, 6.07) is 7.68. The Morgan fingerprint density at radius 3 is 2.58 bits per heavy atom. The molecule has 0 aromatic heterocycles. The molecule has 2 atom stereocenters. The zero-order chi connectivity index (χ0) is 13.8. The van der Waals surface area contributed by atoms with Crippen LogP contribution in [0.1, 0.15) is 36.2 Å². The van der Waals surface area contributed by atoms with E-state index in [4.69, 9.17) is 5.84 Å². The van der Waals surface area contributed by atoms with Crippen LogP contribution in [0.5, 0.6) is 0 Å². The Morgan fingerprint density at radius 2 is 1.95 bits per heavy atom. The zero-order valence-electron chi connectivity index (χ0n) is 11.7. The number of carbonyl (C=O) groups excluding carboxylic acids is 1. The van der Waals surface area contributed by atoms with Crippen LogP contribution in [0.25, 0.3) is 0 Å². The number of carbonyl (C=O) groups is 1. The van der Waals surface area contributed by atoms with E-state index in [1.54, 1.807) is 0 Å². The number of likely N-dealkylation sites (tertiary alicyclic amines) is 1.